The second-order valence-electron chi connectivity index (χ2n) is 8.14. The van der Waals surface area contributed by atoms with Crippen LogP contribution in [0.2, 0.25) is 5.02 Å². The number of hydrogen-bond acceptors (Lipinski definition) is 7. The number of hydrogen-bond donors (Lipinski definition) is 1. The number of benzene rings is 4. The molecule has 0 unspecified atom stereocenters. The molecular formula is C30H25ClN2O6. The number of nitrogens with zero attached hydrogens (tertiary/aromatic N) is 1. The molecule has 0 heterocycles. The van der Waals surface area contributed by atoms with Gasteiger partial charge in [-0.25, -0.2) is 10.2 Å². The van der Waals surface area contributed by atoms with Crippen molar-refractivity contribution < 1.29 is 28.5 Å². The highest BCUT2D eigenvalue weighted by Gasteiger charge is 2.14. The minimum atomic E-state index is -0.540. The van der Waals surface area contributed by atoms with Crippen LogP contribution in [0.15, 0.2) is 96.1 Å². The number of amides is 1. The average Bonchev–Trinajstić information content (AvgIpc) is 2.97. The van der Waals surface area contributed by atoms with Gasteiger partial charge >= 0.3 is 5.97 Å². The lowest BCUT2D eigenvalue weighted by molar-refractivity contribution is 0.0734. The van der Waals surface area contributed by atoms with E-state index < -0.39 is 11.9 Å². The van der Waals surface area contributed by atoms with E-state index in [1.54, 1.807) is 78.9 Å². The molecule has 39 heavy (non-hydrogen) atoms. The van der Waals surface area contributed by atoms with Crippen LogP contribution < -0.4 is 24.4 Å². The Morgan fingerprint density at radius 2 is 1.56 bits per heavy atom. The van der Waals surface area contributed by atoms with Crippen molar-refractivity contribution in [3.05, 3.63) is 118 Å². The molecule has 198 valence electrons. The highest BCUT2D eigenvalue weighted by Crippen LogP contribution is 2.28. The van der Waals surface area contributed by atoms with Gasteiger partial charge in [-0.05, 0) is 77.9 Å². The van der Waals surface area contributed by atoms with Crippen molar-refractivity contribution in [1.29, 1.82) is 0 Å². The van der Waals surface area contributed by atoms with Gasteiger partial charge in [-0.15, -0.1) is 0 Å². The summed E-state index contributed by atoms with van der Waals surface area (Å²) in [6.07, 6.45) is 1.48. The summed E-state index contributed by atoms with van der Waals surface area (Å²) >= 11 is 5.92. The van der Waals surface area contributed by atoms with Gasteiger partial charge in [0.15, 0.2) is 11.5 Å². The fourth-order valence-corrected chi connectivity index (χ4v) is 3.62. The Bertz CT molecular complexity index is 1470. The Kier molecular flexibility index (Phi) is 9.16. The number of esters is 1. The van der Waals surface area contributed by atoms with Crippen LogP contribution in [0.5, 0.6) is 23.0 Å². The number of nitrogens with one attached hydrogen (secondary N) is 1. The van der Waals surface area contributed by atoms with Crippen molar-refractivity contribution in [2.75, 3.05) is 14.2 Å². The van der Waals surface area contributed by atoms with Crippen LogP contribution in [-0.4, -0.2) is 32.3 Å². The van der Waals surface area contributed by atoms with Crippen LogP contribution in [0.3, 0.4) is 0 Å². The van der Waals surface area contributed by atoms with E-state index in [2.05, 4.69) is 10.5 Å². The van der Waals surface area contributed by atoms with E-state index in [1.807, 2.05) is 12.1 Å². The van der Waals surface area contributed by atoms with Crippen molar-refractivity contribution in [1.82, 2.24) is 5.43 Å². The van der Waals surface area contributed by atoms with Crippen LogP contribution in [0.1, 0.15) is 31.8 Å². The number of carbonyl (C=O) groups excluding carboxylic acids is 2. The maximum atomic E-state index is 12.7. The van der Waals surface area contributed by atoms with Gasteiger partial charge in [0.1, 0.15) is 18.1 Å². The molecule has 0 aliphatic heterocycles. The van der Waals surface area contributed by atoms with Crippen LogP contribution in [0.4, 0.5) is 0 Å². The lowest BCUT2D eigenvalue weighted by Gasteiger charge is -2.10. The Balaban J connectivity index is 1.33. The molecule has 1 amide bonds. The van der Waals surface area contributed by atoms with Crippen molar-refractivity contribution in [2.24, 2.45) is 5.10 Å². The summed E-state index contributed by atoms with van der Waals surface area (Å²) in [6, 6.07) is 25.6. The molecule has 4 rings (SSSR count). The first kappa shape index (κ1) is 27.2. The monoisotopic (exact) mass is 544 g/mol. The van der Waals surface area contributed by atoms with Crippen molar-refractivity contribution in [3.8, 4) is 23.0 Å². The largest absolute Gasteiger partial charge is 0.493 e. The summed E-state index contributed by atoms with van der Waals surface area (Å²) in [6.45, 7) is 0.285. The molecule has 0 spiro atoms. The van der Waals surface area contributed by atoms with E-state index in [1.165, 1.54) is 20.4 Å². The molecule has 0 bridgehead atoms. The molecule has 4 aromatic carbocycles. The first-order chi connectivity index (χ1) is 19.0. The quantitative estimate of drug-likeness (QED) is 0.115. The van der Waals surface area contributed by atoms with Gasteiger partial charge in [0.2, 0.25) is 0 Å². The molecule has 4 aromatic rings. The van der Waals surface area contributed by atoms with E-state index in [4.69, 9.17) is 30.5 Å². The van der Waals surface area contributed by atoms with Gasteiger partial charge < -0.3 is 18.9 Å². The molecule has 0 aliphatic carbocycles. The standard InChI is InChI=1S/C30H25ClN2O6/c1-36-27-16-11-22(17-28(27)37-2)30(35)39-24-14-9-20(10-15-24)18-32-33-29(34)25-5-3-4-6-26(25)38-19-21-7-12-23(31)13-8-21/h3-18H,19H2,1-2H3,(H,33,34). The molecule has 9 heteroatoms. The average molecular weight is 545 g/mol. The molecule has 1 N–H and O–H groups in total. The van der Waals surface area contributed by atoms with E-state index in [9.17, 15) is 9.59 Å². The smallest absolute Gasteiger partial charge is 0.343 e. The third kappa shape index (κ3) is 7.37. The van der Waals surface area contributed by atoms with Crippen LogP contribution >= 0.6 is 11.6 Å². The van der Waals surface area contributed by atoms with E-state index in [-0.39, 0.29) is 6.61 Å². The lowest BCUT2D eigenvalue weighted by atomic mass is 10.2. The number of para-hydroxylation sites is 1. The third-order valence-corrected chi connectivity index (χ3v) is 5.78. The summed E-state index contributed by atoms with van der Waals surface area (Å²) in [5, 5.41) is 4.67. The van der Waals surface area contributed by atoms with Crippen LogP contribution in [-0.2, 0) is 6.61 Å². The zero-order chi connectivity index (χ0) is 27.6. The van der Waals surface area contributed by atoms with Gasteiger partial charge in [-0.3, -0.25) is 4.79 Å². The van der Waals surface area contributed by atoms with Crippen LogP contribution in [0.25, 0.3) is 0 Å². The summed E-state index contributed by atoms with van der Waals surface area (Å²) in [4.78, 5) is 25.2. The highest BCUT2D eigenvalue weighted by atomic mass is 35.5. The molecule has 0 aliphatic rings. The fraction of sp³-hybridized carbons (Fsp3) is 0.100. The number of ether oxygens (including phenoxy) is 4. The van der Waals surface area contributed by atoms with E-state index in [0.29, 0.717) is 44.7 Å². The minimum absolute atomic E-state index is 0.285. The van der Waals surface area contributed by atoms with Gasteiger partial charge in [0, 0.05) is 5.02 Å². The molecule has 0 radical (unpaired) electrons. The SMILES string of the molecule is COc1ccc(C(=O)Oc2ccc(C=NNC(=O)c3ccccc3OCc3ccc(Cl)cc3)cc2)cc1OC. The van der Waals surface area contributed by atoms with Gasteiger partial charge in [-0.2, -0.15) is 5.10 Å². The number of rotatable bonds is 10. The predicted octanol–water partition coefficient (Wildman–Crippen LogP) is 5.92. The maximum absolute atomic E-state index is 12.7. The first-order valence-corrected chi connectivity index (χ1v) is 12.2. The summed E-state index contributed by atoms with van der Waals surface area (Å²) in [7, 11) is 3.01. The topological polar surface area (TPSA) is 95.5 Å². The number of carbonyl (C=O) groups is 2. The molecule has 0 aromatic heterocycles. The first-order valence-electron chi connectivity index (χ1n) is 11.8. The Hall–Kier alpha value is -4.82. The third-order valence-electron chi connectivity index (χ3n) is 5.53. The molecule has 0 atom stereocenters. The molecule has 8 nitrogen and oxygen atoms in total. The highest BCUT2D eigenvalue weighted by molar-refractivity contribution is 6.30. The lowest BCUT2D eigenvalue weighted by Crippen LogP contribution is -2.18. The summed E-state index contributed by atoms with van der Waals surface area (Å²) < 4.78 is 21.7. The van der Waals surface area contributed by atoms with Crippen molar-refractivity contribution >= 4 is 29.7 Å². The molecular weight excluding hydrogens is 520 g/mol. The number of methoxy groups -OCH3 is 2. The fourth-order valence-electron chi connectivity index (χ4n) is 3.50. The van der Waals surface area contributed by atoms with E-state index in [0.717, 1.165) is 5.56 Å². The zero-order valence-electron chi connectivity index (χ0n) is 21.2. The van der Waals surface area contributed by atoms with E-state index >= 15 is 0 Å². The Morgan fingerprint density at radius 1 is 0.846 bits per heavy atom. The Labute approximate surface area is 230 Å². The zero-order valence-corrected chi connectivity index (χ0v) is 22.0. The molecule has 0 fully saturated rings. The van der Waals surface area contributed by atoms with Crippen molar-refractivity contribution in [2.45, 2.75) is 6.61 Å². The number of hydrazone groups is 1. The maximum Gasteiger partial charge on any atom is 0.343 e. The normalized spacial score (nSPS) is 10.6. The van der Waals surface area contributed by atoms with Gasteiger partial charge in [0.25, 0.3) is 5.91 Å². The second kappa shape index (κ2) is 13.1. The predicted molar refractivity (Wildman–Crippen MR) is 148 cm³/mol. The number of halogens is 1. The summed E-state index contributed by atoms with van der Waals surface area (Å²) in [5.74, 6) is 0.763. The molecule has 0 saturated heterocycles. The Morgan fingerprint density at radius 3 is 2.28 bits per heavy atom. The van der Waals surface area contributed by atoms with Gasteiger partial charge in [-0.1, -0.05) is 35.9 Å². The van der Waals surface area contributed by atoms with Gasteiger partial charge in [0.05, 0.1) is 31.6 Å². The second-order valence-corrected chi connectivity index (χ2v) is 8.58. The minimum Gasteiger partial charge on any atom is -0.493 e. The van der Waals surface area contributed by atoms with Crippen molar-refractivity contribution in [3.63, 3.8) is 0 Å². The molecule has 0 saturated carbocycles. The van der Waals surface area contributed by atoms with Crippen LogP contribution in [0, 0.1) is 0 Å². The summed E-state index contributed by atoms with van der Waals surface area (Å²) in [5.41, 5.74) is 4.78.